The van der Waals surface area contributed by atoms with Crippen LogP contribution in [0.3, 0.4) is 0 Å². The Balaban J connectivity index is 2.33. The number of carbonyl (C=O) groups is 2. The topological polar surface area (TPSA) is 55.4 Å². The zero-order valence-electron chi connectivity index (χ0n) is 11.8. The summed E-state index contributed by atoms with van der Waals surface area (Å²) in [6, 6.07) is 7.11. The number of Topliss-reactive ketones (excluding diaryl/α,β-unsaturated/α-hetero) is 1. The number of ketones is 1. The van der Waals surface area contributed by atoms with Gasteiger partial charge in [0.15, 0.2) is 0 Å². The Morgan fingerprint density at radius 2 is 1.95 bits per heavy atom. The number of methoxy groups -OCH3 is 1. The number of carbonyl (C=O) groups excluding carboxylic acids is 2. The molecule has 0 amide bonds. The van der Waals surface area contributed by atoms with Crippen LogP contribution in [-0.4, -0.2) is 24.4 Å². The summed E-state index contributed by atoms with van der Waals surface area (Å²) in [7, 11) is 1.35. The first-order valence-electron chi connectivity index (χ1n) is 6.49. The summed E-state index contributed by atoms with van der Waals surface area (Å²) in [5, 5.41) is 3.89. The fraction of sp³-hybridized carbons (Fsp3) is 0.467. The molecular weight excluding hydrogens is 278 g/mol. The molecular formula is C15H18ClNO3. The van der Waals surface area contributed by atoms with Gasteiger partial charge in [0.25, 0.3) is 0 Å². The van der Waals surface area contributed by atoms with E-state index in [1.165, 1.54) is 7.11 Å². The van der Waals surface area contributed by atoms with Gasteiger partial charge in [-0.15, -0.1) is 0 Å². The van der Waals surface area contributed by atoms with Gasteiger partial charge >= 0.3 is 5.97 Å². The maximum Gasteiger partial charge on any atom is 0.325 e. The van der Waals surface area contributed by atoms with Crippen molar-refractivity contribution in [1.29, 1.82) is 0 Å². The molecule has 108 valence electrons. The number of benzene rings is 1. The molecule has 2 rings (SSSR count). The van der Waals surface area contributed by atoms with Crippen LogP contribution in [0.25, 0.3) is 0 Å². The number of rotatable bonds is 3. The molecule has 0 aliphatic carbocycles. The number of hydrogen-bond donors (Lipinski definition) is 1. The molecule has 0 bridgehead atoms. The molecule has 20 heavy (non-hydrogen) atoms. The molecule has 1 saturated heterocycles. The van der Waals surface area contributed by atoms with E-state index < -0.39 is 5.54 Å². The van der Waals surface area contributed by atoms with Gasteiger partial charge in [0.2, 0.25) is 0 Å². The first-order valence-corrected chi connectivity index (χ1v) is 6.87. The predicted octanol–water partition coefficient (Wildman–Crippen LogP) is 2.51. The Kier molecular flexibility index (Phi) is 4.16. The molecule has 1 aliphatic rings. The second-order valence-electron chi connectivity index (χ2n) is 5.42. The third kappa shape index (κ3) is 2.72. The van der Waals surface area contributed by atoms with Crippen LogP contribution in [0.5, 0.6) is 0 Å². The minimum Gasteiger partial charge on any atom is -0.468 e. The molecule has 1 heterocycles. The van der Waals surface area contributed by atoms with Crippen molar-refractivity contribution in [2.24, 2.45) is 5.92 Å². The van der Waals surface area contributed by atoms with E-state index >= 15 is 0 Å². The first-order chi connectivity index (χ1) is 9.37. The molecule has 0 spiro atoms. The normalized spacial score (nSPS) is 29.2. The lowest BCUT2D eigenvalue weighted by Crippen LogP contribution is -2.45. The summed E-state index contributed by atoms with van der Waals surface area (Å²) in [6.07, 6.45) is 0.433. The van der Waals surface area contributed by atoms with Gasteiger partial charge in [0.05, 0.1) is 7.11 Å². The van der Waals surface area contributed by atoms with E-state index in [0.717, 1.165) is 5.56 Å². The van der Waals surface area contributed by atoms with Gasteiger partial charge in [0, 0.05) is 17.0 Å². The van der Waals surface area contributed by atoms with E-state index in [1.54, 1.807) is 26.0 Å². The maximum absolute atomic E-state index is 11.9. The molecule has 0 aromatic heterocycles. The molecule has 1 aromatic rings. The Hall–Kier alpha value is -1.39. The van der Waals surface area contributed by atoms with Crippen LogP contribution in [0.1, 0.15) is 31.9 Å². The molecule has 1 N–H and O–H groups in total. The SMILES string of the molecule is COC(=O)[C@@]1(C)C[C@@H](C(C)=O)[C@H](c2ccc(Cl)cc2)N1. The smallest absolute Gasteiger partial charge is 0.325 e. The van der Waals surface area contributed by atoms with Gasteiger partial charge in [-0.3, -0.25) is 14.9 Å². The predicted molar refractivity (Wildman–Crippen MR) is 76.5 cm³/mol. The zero-order chi connectivity index (χ0) is 14.9. The maximum atomic E-state index is 11.9. The van der Waals surface area contributed by atoms with Crippen molar-refractivity contribution in [1.82, 2.24) is 5.32 Å². The fourth-order valence-electron chi connectivity index (χ4n) is 2.79. The van der Waals surface area contributed by atoms with Gasteiger partial charge in [-0.1, -0.05) is 23.7 Å². The third-order valence-electron chi connectivity index (χ3n) is 3.89. The van der Waals surface area contributed by atoms with Crippen LogP contribution >= 0.6 is 11.6 Å². The Bertz CT molecular complexity index is 528. The lowest BCUT2D eigenvalue weighted by Gasteiger charge is -2.22. The second-order valence-corrected chi connectivity index (χ2v) is 5.85. The first kappa shape index (κ1) is 15.0. The van der Waals surface area contributed by atoms with Crippen LogP contribution in [0.15, 0.2) is 24.3 Å². The number of hydrogen-bond acceptors (Lipinski definition) is 4. The molecule has 1 fully saturated rings. The molecule has 1 aromatic carbocycles. The van der Waals surface area contributed by atoms with Crippen LogP contribution in [0.4, 0.5) is 0 Å². The van der Waals surface area contributed by atoms with Gasteiger partial charge < -0.3 is 4.74 Å². The summed E-state index contributed by atoms with van der Waals surface area (Å²) < 4.78 is 4.83. The Labute approximate surface area is 123 Å². The minimum absolute atomic E-state index is 0.0603. The fourth-order valence-corrected chi connectivity index (χ4v) is 2.92. The summed E-state index contributed by atoms with van der Waals surface area (Å²) in [5.41, 5.74) is 0.109. The highest BCUT2D eigenvalue weighted by Crippen LogP contribution is 2.39. The van der Waals surface area contributed by atoms with Crippen molar-refractivity contribution < 1.29 is 14.3 Å². The molecule has 0 unspecified atom stereocenters. The number of halogens is 1. The quantitative estimate of drug-likeness (QED) is 0.871. The number of nitrogens with one attached hydrogen (secondary N) is 1. The van der Waals surface area contributed by atoms with Crippen molar-refractivity contribution in [3.8, 4) is 0 Å². The highest BCUT2D eigenvalue weighted by molar-refractivity contribution is 6.30. The lowest BCUT2D eigenvalue weighted by atomic mass is 9.87. The number of ether oxygens (including phenoxy) is 1. The van der Waals surface area contributed by atoms with Crippen molar-refractivity contribution in [3.05, 3.63) is 34.9 Å². The third-order valence-corrected chi connectivity index (χ3v) is 4.14. The highest BCUT2D eigenvalue weighted by Gasteiger charge is 2.49. The van der Waals surface area contributed by atoms with E-state index in [9.17, 15) is 9.59 Å². The summed E-state index contributed by atoms with van der Waals surface area (Å²) in [6.45, 7) is 3.32. The molecule has 0 radical (unpaired) electrons. The molecule has 1 aliphatic heterocycles. The highest BCUT2D eigenvalue weighted by atomic mass is 35.5. The van der Waals surface area contributed by atoms with Gasteiger partial charge in [-0.25, -0.2) is 0 Å². The van der Waals surface area contributed by atoms with Crippen LogP contribution in [0, 0.1) is 5.92 Å². The van der Waals surface area contributed by atoms with E-state index in [1.807, 2.05) is 12.1 Å². The van der Waals surface area contributed by atoms with Gasteiger partial charge in [-0.05, 0) is 38.0 Å². The number of esters is 1. The molecule has 3 atom stereocenters. The van der Waals surface area contributed by atoms with Crippen LogP contribution in [0.2, 0.25) is 5.02 Å². The Morgan fingerprint density at radius 3 is 2.45 bits per heavy atom. The molecule has 4 nitrogen and oxygen atoms in total. The van der Waals surface area contributed by atoms with Gasteiger partial charge in [0.1, 0.15) is 11.3 Å². The van der Waals surface area contributed by atoms with E-state index in [0.29, 0.717) is 11.4 Å². The monoisotopic (exact) mass is 295 g/mol. The standard InChI is InChI=1S/C15H18ClNO3/c1-9(18)12-8-15(2,14(19)20-3)17-13(12)10-4-6-11(16)7-5-10/h4-7,12-13,17H,8H2,1-3H3/t12-,13-,15+/m0/s1. The molecule has 0 saturated carbocycles. The summed E-state index contributed by atoms with van der Waals surface area (Å²) >= 11 is 5.88. The minimum atomic E-state index is -0.838. The van der Waals surface area contributed by atoms with Crippen LogP contribution in [-0.2, 0) is 14.3 Å². The molecule has 5 heteroatoms. The van der Waals surface area contributed by atoms with Crippen molar-refractivity contribution in [3.63, 3.8) is 0 Å². The Morgan fingerprint density at radius 1 is 1.35 bits per heavy atom. The van der Waals surface area contributed by atoms with Crippen molar-refractivity contribution >= 4 is 23.4 Å². The average Bonchev–Trinajstić information content (AvgIpc) is 2.78. The summed E-state index contributed by atoms with van der Waals surface area (Å²) in [4.78, 5) is 23.8. The van der Waals surface area contributed by atoms with E-state index in [-0.39, 0.29) is 23.7 Å². The van der Waals surface area contributed by atoms with Gasteiger partial charge in [-0.2, -0.15) is 0 Å². The van der Waals surface area contributed by atoms with E-state index in [4.69, 9.17) is 16.3 Å². The van der Waals surface area contributed by atoms with Crippen LogP contribution < -0.4 is 5.32 Å². The van der Waals surface area contributed by atoms with E-state index in [2.05, 4.69) is 5.32 Å². The van der Waals surface area contributed by atoms with Crippen molar-refractivity contribution in [2.75, 3.05) is 7.11 Å². The summed E-state index contributed by atoms with van der Waals surface area (Å²) in [5.74, 6) is -0.537. The average molecular weight is 296 g/mol. The second kappa shape index (κ2) is 5.54. The lowest BCUT2D eigenvalue weighted by molar-refractivity contribution is -0.147. The van der Waals surface area contributed by atoms with Crippen molar-refractivity contribution in [2.45, 2.75) is 31.8 Å². The zero-order valence-corrected chi connectivity index (χ0v) is 12.5. The largest absolute Gasteiger partial charge is 0.468 e.